The van der Waals surface area contributed by atoms with E-state index in [9.17, 15) is 9.59 Å². The number of amides is 2. The number of anilines is 1. The molecule has 130 valence electrons. The lowest BCUT2D eigenvalue weighted by Crippen LogP contribution is -2.20. The molecule has 2 amide bonds. The van der Waals surface area contributed by atoms with Gasteiger partial charge in [-0.1, -0.05) is 29.8 Å². The number of rotatable bonds is 6. The predicted molar refractivity (Wildman–Crippen MR) is 109 cm³/mol. The summed E-state index contributed by atoms with van der Waals surface area (Å²) in [6.45, 7) is 1.92. The van der Waals surface area contributed by atoms with E-state index in [4.69, 9.17) is 11.6 Å². The van der Waals surface area contributed by atoms with Crippen LogP contribution in [-0.2, 0) is 9.59 Å². The lowest BCUT2D eigenvalue weighted by Gasteiger charge is -2.08. The van der Waals surface area contributed by atoms with Gasteiger partial charge < -0.3 is 5.32 Å². The third-order valence-corrected chi connectivity index (χ3v) is 4.35. The van der Waals surface area contributed by atoms with Crippen LogP contribution in [0.25, 0.3) is 0 Å². The molecule has 0 saturated carbocycles. The van der Waals surface area contributed by atoms with Crippen molar-refractivity contribution in [1.29, 1.82) is 0 Å². The Labute approximate surface area is 165 Å². The van der Waals surface area contributed by atoms with Crippen molar-refractivity contribution in [2.24, 2.45) is 5.10 Å². The van der Waals surface area contributed by atoms with Crippen LogP contribution >= 0.6 is 34.2 Å². The van der Waals surface area contributed by atoms with Crippen molar-refractivity contribution in [2.75, 3.05) is 5.32 Å². The predicted octanol–water partition coefficient (Wildman–Crippen LogP) is 4.12. The lowest BCUT2D eigenvalue weighted by atomic mass is 10.2. The largest absolute Gasteiger partial charge is 0.326 e. The van der Waals surface area contributed by atoms with Gasteiger partial charge in [0.2, 0.25) is 11.8 Å². The molecule has 0 fully saturated rings. The average molecular weight is 470 g/mol. The number of halogens is 2. The zero-order valence-corrected chi connectivity index (χ0v) is 16.5. The van der Waals surface area contributed by atoms with Gasteiger partial charge in [-0.2, -0.15) is 5.10 Å². The topological polar surface area (TPSA) is 70.6 Å². The monoisotopic (exact) mass is 469 g/mol. The summed E-state index contributed by atoms with van der Waals surface area (Å²) in [5, 5.41) is 7.20. The first-order valence-corrected chi connectivity index (χ1v) is 9.04. The van der Waals surface area contributed by atoms with Gasteiger partial charge in [-0.05, 0) is 59.3 Å². The average Bonchev–Trinajstić information content (AvgIpc) is 2.57. The maximum atomic E-state index is 11.9. The van der Waals surface area contributed by atoms with Crippen molar-refractivity contribution >= 4 is 57.9 Å². The Morgan fingerprint density at radius 3 is 2.60 bits per heavy atom. The maximum absolute atomic E-state index is 11.9. The number of nitrogens with zero attached hydrogens (tertiary/aromatic N) is 1. The summed E-state index contributed by atoms with van der Waals surface area (Å²) in [7, 11) is 0. The highest BCUT2D eigenvalue weighted by atomic mass is 127. The SMILES string of the molecule is Cc1cc(I)ccc1NC(=O)CCC(=O)NN=Cc1ccccc1Cl. The fourth-order valence-electron chi connectivity index (χ4n) is 2.02. The molecule has 0 aliphatic carbocycles. The number of hydrazone groups is 1. The van der Waals surface area contributed by atoms with Gasteiger partial charge in [-0.15, -0.1) is 0 Å². The van der Waals surface area contributed by atoms with E-state index in [-0.39, 0.29) is 24.7 Å². The zero-order chi connectivity index (χ0) is 18.2. The van der Waals surface area contributed by atoms with Crippen LogP contribution in [-0.4, -0.2) is 18.0 Å². The van der Waals surface area contributed by atoms with E-state index < -0.39 is 0 Å². The van der Waals surface area contributed by atoms with Gasteiger partial charge in [0.25, 0.3) is 0 Å². The fourth-order valence-corrected chi connectivity index (χ4v) is 2.85. The second kappa shape index (κ2) is 9.53. The van der Waals surface area contributed by atoms with E-state index in [2.05, 4.69) is 38.4 Å². The summed E-state index contributed by atoms with van der Waals surface area (Å²) in [6.07, 6.45) is 1.60. The molecule has 0 spiro atoms. The second-order valence-corrected chi connectivity index (χ2v) is 6.97. The number of carbonyl (C=O) groups excluding carboxylic acids is 2. The molecule has 0 radical (unpaired) electrons. The molecular weight excluding hydrogens is 453 g/mol. The first-order chi connectivity index (χ1) is 12.0. The normalized spacial score (nSPS) is 10.7. The highest BCUT2D eigenvalue weighted by Crippen LogP contribution is 2.18. The van der Waals surface area contributed by atoms with Gasteiger partial charge in [-0.3, -0.25) is 9.59 Å². The summed E-state index contributed by atoms with van der Waals surface area (Å²) in [4.78, 5) is 23.7. The molecule has 0 aliphatic heterocycles. The number of carbonyl (C=O) groups is 2. The molecule has 2 aromatic rings. The Kier molecular flexibility index (Phi) is 7.39. The third kappa shape index (κ3) is 6.47. The Hall–Kier alpha value is -1.93. The van der Waals surface area contributed by atoms with Gasteiger partial charge in [0.1, 0.15) is 0 Å². The zero-order valence-electron chi connectivity index (χ0n) is 13.6. The molecule has 2 aromatic carbocycles. The Balaban J connectivity index is 1.77. The molecular formula is C18H17ClIN3O2. The molecule has 7 heteroatoms. The van der Waals surface area contributed by atoms with E-state index >= 15 is 0 Å². The van der Waals surface area contributed by atoms with Gasteiger partial charge in [0.15, 0.2) is 0 Å². The van der Waals surface area contributed by atoms with E-state index in [1.54, 1.807) is 12.1 Å². The van der Waals surface area contributed by atoms with Crippen molar-refractivity contribution in [3.05, 3.63) is 62.2 Å². The van der Waals surface area contributed by atoms with Gasteiger partial charge >= 0.3 is 0 Å². The van der Waals surface area contributed by atoms with Crippen molar-refractivity contribution in [3.63, 3.8) is 0 Å². The number of hydrogen-bond donors (Lipinski definition) is 2. The van der Waals surface area contributed by atoms with Crippen LogP contribution in [0.3, 0.4) is 0 Å². The van der Waals surface area contributed by atoms with Crippen molar-refractivity contribution in [1.82, 2.24) is 5.43 Å². The minimum atomic E-state index is -0.335. The van der Waals surface area contributed by atoms with Crippen LogP contribution in [0.1, 0.15) is 24.0 Å². The number of nitrogens with one attached hydrogen (secondary N) is 2. The molecule has 0 unspecified atom stereocenters. The maximum Gasteiger partial charge on any atom is 0.240 e. The Morgan fingerprint density at radius 1 is 1.16 bits per heavy atom. The van der Waals surface area contributed by atoms with Gasteiger partial charge in [0.05, 0.1) is 6.21 Å². The minimum Gasteiger partial charge on any atom is -0.326 e. The van der Waals surface area contributed by atoms with Gasteiger partial charge in [-0.25, -0.2) is 5.43 Å². The molecule has 0 bridgehead atoms. The molecule has 0 aliphatic rings. The van der Waals surface area contributed by atoms with Crippen LogP contribution in [0, 0.1) is 10.5 Å². The van der Waals surface area contributed by atoms with Crippen LogP contribution in [0.2, 0.25) is 5.02 Å². The Morgan fingerprint density at radius 2 is 1.88 bits per heavy atom. The quantitative estimate of drug-likeness (QED) is 0.379. The first-order valence-electron chi connectivity index (χ1n) is 7.58. The van der Waals surface area contributed by atoms with Crippen LogP contribution < -0.4 is 10.7 Å². The number of hydrogen-bond acceptors (Lipinski definition) is 3. The van der Waals surface area contributed by atoms with E-state index in [0.29, 0.717) is 10.6 Å². The Bertz CT molecular complexity index is 809. The van der Waals surface area contributed by atoms with Gasteiger partial charge in [0, 0.05) is 32.7 Å². The first kappa shape index (κ1) is 19.4. The summed E-state index contributed by atoms with van der Waals surface area (Å²) in [5.41, 5.74) is 4.83. The third-order valence-electron chi connectivity index (χ3n) is 3.34. The highest BCUT2D eigenvalue weighted by Gasteiger charge is 2.08. The molecule has 0 aromatic heterocycles. The van der Waals surface area contributed by atoms with Crippen LogP contribution in [0.15, 0.2) is 47.6 Å². The van der Waals surface area contributed by atoms with E-state index in [1.807, 2.05) is 37.3 Å². The highest BCUT2D eigenvalue weighted by molar-refractivity contribution is 14.1. The molecule has 25 heavy (non-hydrogen) atoms. The standard InChI is InChI=1S/C18H17ClIN3O2/c1-12-10-14(20)6-7-16(12)22-17(24)8-9-18(25)23-21-11-13-4-2-3-5-15(13)19/h2-7,10-11H,8-9H2,1H3,(H,22,24)(H,23,25). The van der Waals surface area contributed by atoms with Crippen molar-refractivity contribution in [2.45, 2.75) is 19.8 Å². The molecule has 2 rings (SSSR count). The fraction of sp³-hybridized carbons (Fsp3) is 0.167. The summed E-state index contributed by atoms with van der Waals surface area (Å²) < 4.78 is 1.10. The minimum absolute atomic E-state index is 0.0507. The molecule has 2 N–H and O–H groups in total. The van der Waals surface area contributed by atoms with E-state index in [1.165, 1.54) is 6.21 Å². The summed E-state index contributed by atoms with van der Waals surface area (Å²) >= 11 is 8.20. The summed E-state index contributed by atoms with van der Waals surface area (Å²) in [6, 6.07) is 12.9. The van der Waals surface area contributed by atoms with Crippen LogP contribution in [0.5, 0.6) is 0 Å². The van der Waals surface area contributed by atoms with Crippen molar-refractivity contribution in [3.8, 4) is 0 Å². The van der Waals surface area contributed by atoms with Crippen molar-refractivity contribution < 1.29 is 9.59 Å². The molecule has 0 atom stereocenters. The van der Waals surface area contributed by atoms with Crippen LogP contribution in [0.4, 0.5) is 5.69 Å². The molecule has 0 saturated heterocycles. The summed E-state index contributed by atoms with van der Waals surface area (Å²) in [5.74, 6) is -0.549. The van der Waals surface area contributed by atoms with E-state index in [0.717, 1.165) is 14.8 Å². The second-order valence-electron chi connectivity index (χ2n) is 5.32. The molecule has 5 nitrogen and oxygen atoms in total. The lowest BCUT2D eigenvalue weighted by molar-refractivity contribution is -0.124. The number of benzene rings is 2. The smallest absolute Gasteiger partial charge is 0.240 e. The number of aryl methyl sites for hydroxylation is 1. The molecule has 0 heterocycles.